The van der Waals surface area contributed by atoms with Crippen LogP contribution in [0, 0.1) is 11.6 Å². The van der Waals surface area contributed by atoms with Gasteiger partial charge in [-0.2, -0.15) is 0 Å². The number of rotatable bonds is 3. The summed E-state index contributed by atoms with van der Waals surface area (Å²) in [6, 6.07) is 8.71. The summed E-state index contributed by atoms with van der Waals surface area (Å²) in [6.07, 6.45) is 0. The maximum atomic E-state index is 14.3. The molecule has 0 bridgehead atoms. The van der Waals surface area contributed by atoms with Gasteiger partial charge in [-0.15, -0.1) is 12.4 Å². The standard InChI is InChI=1S/C19H19F2N3O2.ClH/c20-14-3-1-13(2-4-14)11-24-17-10-15(21)9-16(19(17)26-12-18(24)25)23-7-5-22-6-8-23;/h1-4,9-10,22H,5-8,11-12H2;1H. The predicted molar refractivity (Wildman–Crippen MR) is 102 cm³/mol. The van der Waals surface area contributed by atoms with Crippen LogP contribution < -0.4 is 19.9 Å². The first-order chi connectivity index (χ1) is 12.6. The van der Waals surface area contributed by atoms with Gasteiger partial charge in [0.1, 0.15) is 11.6 Å². The zero-order valence-electron chi connectivity index (χ0n) is 14.6. The highest BCUT2D eigenvalue weighted by atomic mass is 35.5. The lowest BCUT2D eigenvalue weighted by Crippen LogP contribution is -2.44. The number of amides is 1. The Morgan fingerprint density at radius 3 is 2.37 bits per heavy atom. The average molecular weight is 396 g/mol. The number of nitrogens with zero attached hydrogens (tertiary/aromatic N) is 2. The largest absolute Gasteiger partial charge is 0.479 e. The van der Waals surface area contributed by atoms with Crippen LogP contribution in [0.5, 0.6) is 5.75 Å². The molecule has 2 aliphatic rings. The first-order valence-corrected chi connectivity index (χ1v) is 8.58. The highest BCUT2D eigenvalue weighted by Gasteiger charge is 2.30. The summed E-state index contributed by atoms with van der Waals surface area (Å²) in [5.74, 6) is -0.483. The molecule has 1 saturated heterocycles. The Hall–Kier alpha value is -2.38. The highest BCUT2D eigenvalue weighted by Crippen LogP contribution is 2.42. The number of fused-ring (bicyclic) bond motifs is 1. The van der Waals surface area contributed by atoms with Crippen molar-refractivity contribution in [3.05, 3.63) is 53.6 Å². The van der Waals surface area contributed by atoms with Crippen LogP contribution in [0.25, 0.3) is 0 Å². The quantitative estimate of drug-likeness (QED) is 0.868. The van der Waals surface area contributed by atoms with Crippen LogP contribution >= 0.6 is 12.4 Å². The Morgan fingerprint density at radius 1 is 1.00 bits per heavy atom. The van der Waals surface area contributed by atoms with Crippen LogP contribution in [0.1, 0.15) is 5.56 Å². The van der Waals surface area contributed by atoms with E-state index in [-0.39, 0.29) is 37.3 Å². The van der Waals surface area contributed by atoms with Gasteiger partial charge in [-0.3, -0.25) is 4.79 Å². The van der Waals surface area contributed by atoms with Crippen molar-refractivity contribution in [2.45, 2.75) is 6.54 Å². The summed E-state index contributed by atoms with van der Waals surface area (Å²) >= 11 is 0. The van der Waals surface area contributed by atoms with Crippen molar-refractivity contribution in [1.29, 1.82) is 0 Å². The molecule has 144 valence electrons. The molecular formula is C19H20ClF2N3O2. The number of carbonyl (C=O) groups excluding carboxylic acids is 1. The summed E-state index contributed by atoms with van der Waals surface area (Å²) in [7, 11) is 0. The molecule has 0 saturated carbocycles. The molecule has 2 aromatic rings. The van der Waals surface area contributed by atoms with Gasteiger partial charge in [-0.1, -0.05) is 12.1 Å². The third kappa shape index (κ3) is 3.99. The summed E-state index contributed by atoms with van der Waals surface area (Å²) in [4.78, 5) is 16.0. The molecular weight excluding hydrogens is 376 g/mol. The van der Waals surface area contributed by atoms with Crippen LogP contribution in [0.2, 0.25) is 0 Å². The van der Waals surface area contributed by atoms with Gasteiger partial charge < -0.3 is 19.9 Å². The van der Waals surface area contributed by atoms with Gasteiger partial charge in [0, 0.05) is 38.3 Å². The number of halogens is 3. The number of hydrogen-bond acceptors (Lipinski definition) is 4. The van der Waals surface area contributed by atoms with Crippen molar-refractivity contribution in [2.24, 2.45) is 0 Å². The van der Waals surface area contributed by atoms with Gasteiger partial charge >= 0.3 is 0 Å². The minimum absolute atomic E-state index is 0. The van der Waals surface area contributed by atoms with E-state index in [2.05, 4.69) is 10.2 Å². The molecule has 1 fully saturated rings. The molecule has 0 spiro atoms. The SMILES string of the molecule is Cl.O=C1COc2c(N3CCNCC3)cc(F)cc2N1Cc1ccc(F)cc1. The minimum atomic E-state index is -0.417. The van der Waals surface area contributed by atoms with Crippen LogP contribution in [0.4, 0.5) is 20.2 Å². The van der Waals surface area contributed by atoms with Gasteiger partial charge in [-0.05, 0) is 17.7 Å². The van der Waals surface area contributed by atoms with E-state index in [0.717, 1.165) is 31.7 Å². The van der Waals surface area contributed by atoms with Gasteiger partial charge in [-0.25, -0.2) is 8.78 Å². The van der Waals surface area contributed by atoms with Crippen molar-refractivity contribution in [3.63, 3.8) is 0 Å². The zero-order chi connectivity index (χ0) is 18.1. The van der Waals surface area contributed by atoms with E-state index in [1.165, 1.54) is 29.2 Å². The molecule has 1 N–H and O–H groups in total. The molecule has 0 atom stereocenters. The van der Waals surface area contributed by atoms with Gasteiger partial charge in [0.05, 0.1) is 17.9 Å². The topological polar surface area (TPSA) is 44.8 Å². The van der Waals surface area contributed by atoms with E-state index >= 15 is 0 Å². The molecule has 5 nitrogen and oxygen atoms in total. The summed E-state index contributed by atoms with van der Waals surface area (Å²) in [5.41, 5.74) is 1.85. The maximum absolute atomic E-state index is 14.3. The lowest BCUT2D eigenvalue weighted by molar-refractivity contribution is -0.121. The highest BCUT2D eigenvalue weighted by molar-refractivity contribution is 5.99. The molecule has 8 heteroatoms. The first-order valence-electron chi connectivity index (χ1n) is 8.58. The van der Waals surface area contributed by atoms with E-state index in [1.54, 1.807) is 12.1 Å². The van der Waals surface area contributed by atoms with Crippen molar-refractivity contribution < 1.29 is 18.3 Å². The number of hydrogen-bond donors (Lipinski definition) is 1. The van der Waals surface area contributed by atoms with Gasteiger partial charge in [0.2, 0.25) is 0 Å². The fourth-order valence-corrected chi connectivity index (χ4v) is 3.35. The molecule has 0 radical (unpaired) electrons. The Kier molecular flexibility index (Phi) is 5.82. The molecule has 0 unspecified atom stereocenters. The Labute approximate surface area is 162 Å². The number of ether oxygens (including phenoxy) is 1. The van der Waals surface area contributed by atoms with Gasteiger partial charge in [0.25, 0.3) is 5.91 Å². The second-order valence-corrected chi connectivity index (χ2v) is 6.41. The van der Waals surface area contributed by atoms with Crippen molar-refractivity contribution in [2.75, 3.05) is 42.6 Å². The molecule has 4 rings (SSSR count). The fraction of sp³-hybridized carbons (Fsp3) is 0.316. The summed E-state index contributed by atoms with van der Waals surface area (Å²) in [6.45, 7) is 3.24. The second-order valence-electron chi connectivity index (χ2n) is 6.41. The number of piperazine rings is 1. The third-order valence-electron chi connectivity index (χ3n) is 4.66. The predicted octanol–water partition coefficient (Wildman–Crippen LogP) is 2.72. The molecule has 2 aromatic carbocycles. The van der Waals surface area contributed by atoms with Crippen LogP contribution in [-0.2, 0) is 11.3 Å². The molecule has 2 aliphatic heterocycles. The zero-order valence-corrected chi connectivity index (χ0v) is 15.4. The summed E-state index contributed by atoms with van der Waals surface area (Å²) < 4.78 is 33.1. The Balaban J connectivity index is 0.00000210. The molecule has 27 heavy (non-hydrogen) atoms. The van der Waals surface area contributed by atoms with E-state index in [4.69, 9.17) is 4.74 Å². The van der Waals surface area contributed by atoms with Gasteiger partial charge in [0.15, 0.2) is 12.4 Å². The maximum Gasteiger partial charge on any atom is 0.265 e. The Morgan fingerprint density at radius 2 is 1.67 bits per heavy atom. The molecule has 2 heterocycles. The molecule has 0 aliphatic carbocycles. The smallest absolute Gasteiger partial charge is 0.265 e. The third-order valence-corrected chi connectivity index (χ3v) is 4.66. The molecule has 0 aromatic heterocycles. The summed E-state index contributed by atoms with van der Waals surface area (Å²) in [5, 5.41) is 3.26. The minimum Gasteiger partial charge on any atom is -0.479 e. The number of carbonyl (C=O) groups is 1. The first kappa shape index (κ1) is 19.4. The van der Waals surface area contributed by atoms with E-state index in [0.29, 0.717) is 17.1 Å². The number of nitrogens with one attached hydrogen (secondary N) is 1. The molecule has 1 amide bonds. The van der Waals surface area contributed by atoms with E-state index in [9.17, 15) is 13.6 Å². The normalized spacial score (nSPS) is 16.4. The van der Waals surface area contributed by atoms with Crippen molar-refractivity contribution in [3.8, 4) is 5.75 Å². The van der Waals surface area contributed by atoms with Crippen LogP contribution in [0.15, 0.2) is 36.4 Å². The lowest BCUT2D eigenvalue weighted by atomic mass is 10.1. The lowest BCUT2D eigenvalue weighted by Gasteiger charge is -2.35. The number of anilines is 2. The second kappa shape index (κ2) is 8.10. The van der Waals surface area contributed by atoms with E-state index in [1.807, 2.05) is 0 Å². The number of benzene rings is 2. The fourth-order valence-electron chi connectivity index (χ4n) is 3.35. The van der Waals surface area contributed by atoms with Crippen molar-refractivity contribution >= 4 is 29.7 Å². The average Bonchev–Trinajstić information content (AvgIpc) is 2.66. The van der Waals surface area contributed by atoms with E-state index < -0.39 is 5.82 Å². The van der Waals surface area contributed by atoms with Crippen molar-refractivity contribution in [1.82, 2.24) is 5.32 Å². The van der Waals surface area contributed by atoms with Crippen LogP contribution in [-0.4, -0.2) is 38.7 Å². The monoisotopic (exact) mass is 395 g/mol. The Bertz CT molecular complexity index is 826. The van der Waals surface area contributed by atoms with Crippen LogP contribution in [0.3, 0.4) is 0 Å².